The Labute approximate surface area is 140 Å². The van der Waals surface area contributed by atoms with E-state index in [4.69, 9.17) is 4.74 Å². The molecule has 0 unspecified atom stereocenters. The van der Waals surface area contributed by atoms with E-state index in [9.17, 15) is 13.6 Å². The van der Waals surface area contributed by atoms with Gasteiger partial charge in [0.15, 0.2) is 0 Å². The van der Waals surface area contributed by atoms with Crippen molar-refractivity contribution in [2.45, 2.75) is 19.9 Å². The van der Waals surface area contributed by atoms with E-state index in [1.54, 1.807) is 13.0 Å². The van der Waals surface area contributed by atoms with Crippen LogP contribution in [0.4, 0.5) is 8.78 Å². The zero-order valence-electron chi connectivity index (χ0n) is 13.6. The molecule has 0 saturated carbocycles. The highest BCUT2D eigenvalue weighted by Gasteiger charge is 2.13. The van der Waals surface area contributed by atoms with Crippen LogP contribution in [0, 0.1) is 11.6 Å². The molecule has 3 nitrogen and oxygen atoms in total. The van der Waals surface area contributed by atoms with Crippen LogP contribution in [-0.2, 0) is 4.79 Å². The zero-order chi connectivity index (χ0) is 17.5. The van der Waals surface area contributed by atoms with Crippen LogP contribution < -0.4 is 10.1 Å². The lowest BCUT2D eigenvalue weighted by atomic mass is 10.1. The first kappa shape index (κ1) is 17.7. The fraction of sp³-hybridized carbons (Fsp3) is 0.211. The van der Waals surface area contributed by atoms with Crippen LogP contribution >= 0.6 is 0 Å². The first-order valence-corrected chi connectivity index (χ1v) is 7.66. The molecule has 126 valence electrons. The summed E-state index contributed by atoms with van der Waals surface area (Å²) >= 11 is 0. The zero-order valence-corrected chi connectivity index (χ0v) is 13.6. The number of nitrogens with one attached hydrogen (secondary N) is 1. The fourth-order valence-corrected chi connectivity index (χ4v) is 2.26. The van der Waals surface area contributed by atoms with Crippen molar-refractivity contribution in [3.05, 3.63) is 71.3 Å². The predicted octanol–water partition coefficient (Wildman–Crippen LogP) is 4.25. The average Bonchev–Trinajstić information content (AvgIpc) is 2.54. The SMILES string of the molecule is CCOc1ccccc1/C=C/C(=O)N[C@H](C)c1ccc(F)cc1F. The second-order valence-corrected chi connectivity index (χ2v) is 5.20. The standard InChI is InChI=1S/C19H19F2NO2/c1-3-24-18-7-5-4-6-14(18)8-11-19(23)22-13(2)16-10-9-15(20)12-17(16)21/h4-13H,3H2,1-2H3,(H,22,23)/b11-8+/t13-/m1/s1. The molecular formula is C19H19F2NO2. The maximum atomic E-state index is 13.7. The highest BCUT2D eigenvalue weighted by Crippen LogP contribution is 2.20. The molecule has 0 saturated heterocycles. The van der Waals surface area contributed by atoms with E-state index in [0.717, 1.165) is 17.7 Å². The molecule has 2 rings (SSSR count). The summed E-state index contributed by atoms with van der Waals surface area (Å²) in [7, 11) is 0. The lowest BCUT2D eigenvalue weighted by Crippen LogP contribution is -2.25. The van der Waals surface area contributed by atoms with Gasteiger partial charge >= 0.3 is 0 Å². The summed E-state index contributed by atoms with van der Waals surface area (Å²) in [6.07, 6.45) is 2.99. The van der Waals surface area contributed by atoms with Crippen LogP contribution in [0.3, 0.4) is 0 Å². The molecule has 0 aliphatic rings. The van der Waals surface area contributed by atoms with Crippen LogP contribution in [-0.4, -0.2) is 12.5 Å². The van der Waals surface area contributed by atoms with Gasteiger partial charge in [-0.25, -0.2) is 8.78 Å². The van der Waals surface area contributed by atoms with Crippen molar-refractivity contribution >= 4 is 12.0 Å². The summed E-state index contributed by atoms with van der Waals surface area (Å²) in [6, 6.07) is 10.0. The number of ether oxygens (including phenoxy) is 1. The minimum atomic E-state index is -0.687. The number of hydrogen-bond donors (Lipinski definition) is 1. The first-order valence-electron chi connectivity index (χ1n) is 7.66. The number of halogens is 2. The topological polar surface area (TPSA) is 38.3 Å². The summed E-state index contributed by atoms with van der Waals surface area (Å²) in [6.45, 7) is 4.04. The molecule has 24 heavy (non-hydrogen) atoms. The summed E-state index contributed by atoms with van der Waals surface area (Å²) in [5.74, 6) is -1.03. The lowest BCUT2D eigenvalue weighted by molar-refractivity contribution is -0.117. The Morgan fingerprint density at radius 3 is 2.71 bits per heavy atom. The predicted molar refractivity (Wildman–Crippen MR) is 89.6 cm³/mol. The Morgan fingerprint density at radius 1 is 1.25 bits per heavy atom. The molecule has 0 radical (unpaired) electrons. The molecule has 0 aromatic heterocycles. The van der Waals surface area contributed by atoms with Crippen LogP contribution in [0.5, 0.6) is 5.75 Å². The van der Waals surface area contributed by atoms with E-state index >= 15 is 0 Å². The van der Waals surface area contributed by atoms with Gasteiger partial charge in [-0.1, -0.05) is 24.3 Å². The number of amides is 1. The number of carbonyl (C=O) groups is 1. The number of hydrogen-bond acceptors (Lipinski definition) is 2. The van der Waals surface area contributed by atoms with Crippen molar-refractivity contribution in [2.24, 2.45) is 0 Å². The molecule has 5 heteroatoms. The van der Waals surface area contributed by atoms with Gasteiger partial charge in [0.1, 0.15) is 17.4 Å². The summed E-state index contributed by atoms with van der Waals surface area (Å²) in [4.78, 5) is 12.0. The van der Waals surface area contributed by atoms with Crippen LogP contribution in [0.2, 0.25) is 0 Å². The number of para-hydroxylation sites is 1. The monoisotopic (exact) mass is 331 g/mol. The Kier molecular flexibility index (Phi) is 6.07. The normalized spacial score (nSPS) is 12.2. The minimum absolute atomic E-state index is 0.230. The second kappa shape index (κ2) is 8.24. The van der Waals surface area contributed by atoms with Gasteiger partial charge in [0.2, 0.25) is 5.91 Å². The molecule has 0 bridgehead atoms. The third kappa shape index (κ3) is 4.65. The number of carbonyl (C=O) groups excluding carboxylic acids is 1. The Morgan fingerprint density at radius 2 is 2.00 bits per heavy atom. The van der Waals surface area contributed by atoms with E-state index in [1.165, 1.54) is 12.1 Å². The smallest absolute Gasteiger partial charge is 0.244 e. The summed E-state index contributed by atoms with van der Waals surface area (Å²) in [5.41, 5.74) is 1.00. The molecule has 0 aliphatic carbocycles. The maximum Gasteiger partial charge on any atom is 0.244 e. The van der Waals surface area contributed by atoms with E-state index in [0.29, 0.717) is 12.4 Å². The van der Waals surface area contributed by atoms with Gasteiger partial charge in [-0.3, -0.25) is 4.79 Å². The molecule has 1 amide bonds. The van der Waals surface area contributed by atoms with Crippen molar-refractivity contribution in [1.29, 1.82) is 0 Å². The highest BCUT2D eigenvalue weighted by molar-refractivity contribution is 5.92. The first-order chi connectivity index (χ1) is 11.5. The van der Waals surface area contributed by atoms with Crippen LogP contribution in [0.15, 0.2) is 48.5 Å². The average molecular weight is 331 g/mol. The largest absolute Gasteiger partial charge is 0.493 e. The second-order valence-electron chi connectivity index (χ2n) is 5.20. The highest BCUT2D eigenvalue weighted by atomic mass is 19.1. The molecule has 2 aromatic rings. The Hall–Kier alpha value is -2.69. The molecule has 0 aliphatic heterocycles. The van der Waals surface area contributed by atoms with Crippen LogP contribution in [0.25, 0.3) is 6.08 Å². The Bertz CT molecular complexity index is 744. The van der Waals surface area contributed by atoms with Gasteiger partial charge in [-0.2, -0.15) is 0 Å². The van der Waals surface area contributed by atoms with E-state index in [2.05, 4.69) is 5.32 Å². The molecule has 0 heterocycles. The molecule has 1 N–H and O–H groups in total. The third-order valence-electron chi connectivity index (χ3n) is 3.42. The molecule has 1 atom stereocenters. The third-order valence-corrected chi connectivity index (χ3v) is 3.42. The Balaban J connectivity index is 2.05. The summed E-state index contributed by atoms with van der Waals surface area (Å²) < 4.78 is 32.1. The van der Waals surface area contributed by atoms with E-state index in [-0.39, 0.29) is 11.5 Å². The van der Waals surface area contributed by atoms with Crippen molar-refractivity contribution in [3.8, 4) is 5.75 Å². The van der Waals surface area contributed by atoms with Gasteiger partial charge in [0, 0.05) is 23.3 Å². The number of rotatable bonds is 6. The van der Waals surface area contributed by atoms with Crippen molar-refractivity contribution in [2.75, 3.05) is 6.61 Å². The van der Waals surface area contributed by atoms with E-state index < -0.39 is 17.7 Å². The van der Waals surface area contributed by atoms with Crippen LogP contribution in [0.1, 0.15) is 31.0 Å². The number of benzene rings is 2. The van der Waals surface area contributed by atoms with Gasteiger partial charge in [-0.15, -0.1) is 0 Å². The molecule has 0 fully saturated rings. The minimum Gasteiger partial charge on any atom is -0.493 e. The molecular weight excluding hydrogens is 312 g/mol. The molecule has 2 aromatic carbocycles. The fourth-order valence-electron chi connectivity index (χ4n) is 2.26. The van der Waals surface area contributed by atoms with Gasteiger partial charge < -0.3 is 10.1 Å². The summed E-state index contributed by atoms with van der Waals surface area (Å²) in [5, 5.41) is 2.65. The quantitative estimate of drug-likeness (QED) is 0.804. The van der Waals surface area contributed by atoms with Gasteiger partial charge in [0.25, 0.3) is 0 Å². The van der Waals surface area contributed by atoms with Gasteiger partial charge in [-0.05, 0) is 32.1 Å². The van der Waals surface area contributed by atoms with Crippen molar-refractivity contribution in [1.82, 2.24) is 5.32 Å². The van der Waals surface area contributed by atoms with E-state index in [1.807, 2.05) is 31.2 Å². The lowest BCUT2D eigenvalue weighted by Gasteiger charge is -2.14. The maximum absolute atomic E-state index is 13.7. The van der Waals surface area contributed by atoms with Crippen molar-refractivity contribution in [3.63, 3.8) is 0 Å². The van der Waals surface area contributed by atoms with Crippen molar-refractivity contribution < 1.29 is 18.3 Å². The molecule has 0 spiro atoms. The van der Waals surface area contributed by atoms with Gasteiger partial charge in [0.05, 0.1) is 12.6 Å².